The second-order valence-corrected chi connectivity index (χ2v) is 5.84. The Balaban J connectivity index is 1.67. The number of benzene rings is 3. The summed E-state index contributed by atoms with van der Waals surface area (Å²) in [4.78, 5) is 23.7. The molecule has 0 radical (unpaired) electrons. The van der Waals surface area contributed by atoms with E-state index in [4.69, 9.17) is 0 Å². The summed E-state index contributed by atoms with van der Waals surface area (Å²) in [6, 6.07) is 21.2. The van der Waals surface area contributed by atoms with Crippen molar-refractivity contribution in [1.82, 2.24) is 0 Å². The minimum atomic E-state index is -0.0679. The van der Waals surface area contributed by atoms with E-state index in [0.717, 1.165) is 22.0 Å². The number of hydrogen-bond acceptors (Lipinski definition) is 2. The van der Waals surface area contributed by atoms with Crippen LogP contribution >= 0.6 is 0 Å². The van der Waals surface area contributed by atoms with Crippen LogP contribution in [0.1, 0.15) is 18.9 Å². The first kappa shape index (κ1) is 16.7. The van der Waals surface area contributed by atoms with Crippen molar-refractivity contribution in [2.75, 3.05) is 10.6 Å². The molecule has 0 spiro atoms. The molecule has 2 N–H and O–H groups in total. The Morgan fingerprint density at radius 3 is 2.04 bits per heavy atom. The Bertz CT molecular complexity index is 896. The van der Waals surface area contributed by atoms with Crippen molar-refractivity contribution in [2.24, 2.45) is 0 Å². The van der Waals surface area contributed by atoms with Gasteiger partial charge in [0, 0.05) is 17.8 Å². The smallest absolute Gasteiger partial charge is 0.228 e. The van der Waals surface area contributed by atoms with Crippen LogP contribution in [-0.2, 0) is 16.0 Å². The van der Waals surface area contributed by atoms with Gasteiger partial charge in [0.2, 0.25) is 11.8 Å². The predicted octanol–water partition coefficient (Wildman–Crippen LogP) is 4.37. The highest BCUT2D eigenvalue weighted by Crippen LogP contribution is 2.20. The van der Waals surface area contributed by atoms with E-state index in [0.29, 0.717) is 18.5 Å². The second-order valence-electron chi connectivity index (χ2n) is 5.84. The van der Waals surface area contributed by atoms with Crippen molar-refractivity contribution < 1.29 is 9.59 Å². The van der Waals surface area contributed by atoms with Crippen molar-refractivity contribution in [2.45, 2.75) is 19.8 Å². The van der Waals surface area contributed by atoms with E-state index < -0.39 is 0 Å². The number of hydrogen-bond donors (Lipinski definition) is 2. The molecule has 0 unspecified atom stereocenters. The molecule has 0 fully saturated rings. The average Bonchev–Trinajstić information content (AvgIpc) is 2.63. The first-order chi connectivity index (χ1) is 12.2. The summed E-state index contributed by atoms with van der Waals surface area (Å²) in [6.45, 7) is 1.80. The van der Waals surface area contributed by atoms with E-state index in [1.165, 1.54) is 0 Å². The van der Waals surface area contributed by atoms with Gasteiger partial charge in [0.25, 0.3) is 0 Å². The van der Waals surface area contributed by atoms with Crippen LogP contribution in [0.4, 0.5) is 11.4 Å². The van der Waals surface area contributed by atoms with Crippen LogP contribution in [0.2, 0.25) is 0 Å². The third-order valence-electron chi connectivity index (χ3n) is 4.00. The molecular weight excluding hydrogens is 312 g/mol. The van der Waals surface area contributed by atoms with Crippen LogP contribution in [0.25, 0.3) is 10.8 Å². The topological polar surface area (TPSA) is 58.2 Å². The first-order valence-electron chi connectivity index (χ1n) is 8.32. The second kappa shape index (κ2) is 7.62. The fourth-order valence-corrected chi connectivity index (χ4v) is 2.71. The lowest BCUT2D eigenvalue weighted by atomic mass is 10.0. The van der Waals surface area contributed by atoms with Gasteiger partial charge in [-0.25, -0.2) is 0 Å². The zero-order valence-corrected chi connectivity index (χ0v) is 14.1. The molecule has 126 valence electrons. The standard InChI is InChI=1S/C21H20N2O2/c1-2-20(24)22-17-10-12-18(13-11-17)23-21(25)14-16-8-5-7-15-6-3-4-9-19(15)16/h3-13H,2,14H2,1H3,(H,22,24)(H,23,25). The maximum absolute atomic E-state index is 12.4. The maximum atomic E-state index is 12.4. The SMILES string of the molecule is CCC(=O)Nc1ccc(NC(=O)Cc2cccc3ccccc23)cc1. The third-order valence-corrected chi connectivity index (χ3v) is 4.00. The van der Waals surface area contributed by atoms with Gasteiger partial charge in [-0.1, -0.05) is 49.4 Å². The summed E-state index contributed by atoms with van der Waals surface area (Å²) in [5.41, 5.74) is 2.43. The van der Waals surface area contributed by atoms with E-state index >= 15 is 0 Å². The minimum absolute atomic E-state index is 0.0345. The number of amides is 2. The molecule has 0 aliphatic heterocycles. The Morgan fingerprint density at radius 2 is 1.36 bits per heavy atom. The summed E-state index contributed by atoms with van der Waals surface area (Å²) < 4.78 is 0. The Hall–Kier alpha value is -3.14. The number of nitrogens with one attached hydrogen (secondary N) is 2. The van der Waals surface area contributed by atoms with Crippen LogP contribution in [0, 0.1) is 0 Å². The van der Waals surface area contributed by atoms with Gasteiger partial charge in [-0.05, 0) is 40.6 Å². The Morgan fingerprint density at radius 1 is 0.760 bits per heavy atom. The molecule has 0 aliphatic carbocycles. The van der Waals surface area contributed by atoms with Gasteiger partial charge in [-0.15, -0.1) is 0 Å². The number of carbonyl (C=O) groups is 2. The quantitative estimate of drug-likeness (QED) is 0.729. The number of anilines is 2. The lowest BCUT2D eigenvalue weighted by Gasteiger charge is -2.09. The molecule has 4 nitrogen and oxygen atoms in total. The molecule has 0 aromatic heterocycles. The highest BCUT2D eigenvalue weighted by Gasteiger charge is 2.07. The molecule has 3 aromatic carbocycles. The van der Waals surface area contributed by atoms with Gasteiger partial charge < -0.3 is 10.6 Å². The normalized spacial score (nSPS) is 10.4. The molecule has 25 heavy (non-hydrogen) atoms. The number of carbonyl (C=O) groups excluding carboxylic acids is 2. The molecule has 0 saturated carbocycles. The molecule has 3 rings (SSSR count). The summed E-state index contributed by atoms with van der Waals surface area (Å²) in [5.74, 6) is -0.102. The highest BCUT2D eigenvalue weighted by atomic mass is 16.2. The lowest BCUT2D eigenvalue weighted by Crippen LogP contribution is -2.14. The summed E-state index contributed by atoms with van der Waals surface area (Å²) >= 11 is 0. The van der Waals surface area contributed by atoms with Crippen molar-refractivity contribution >= 4 is 34.0 Å². The molecule has 2 amide bonds. The minimum Gasteiger partial charge on any atom is -0.326 e. The van der Waals surface area contributed by atoms with Crippen LogP contribution in [0.15, 0.2) is 66.7 Å². The van der Waals surface area contributed by atoms with E-state index in [-0.39, 0.29) is 11.8 Å². The van der Waals surface area contributed by atoms with Gasteiger partial charge in [0.1, 0.15) is 0 Å². The van der Waals surface area contributed by atoms with E-state index in [2.05, 4.69) is 10.6 Å². The average molecular weight is 332 g/mol. The van der Waals surface area contributed by atoms with Crippen molar-refractivity contribution in [3.05, 3.63) is 72.3 Å². The summed E-state index contributed by atoms with van der Waals surface area (Å²) in [5, 5.41) is 7.90. The van der Waals surface area contributed by atoms with Crippen LogP contribution in [0.3, 0.4) is 0 Å². The monoisotopic (exact) mass is 332 g/mol. The molecule has 4 heteroatoms. The summed E-state index contributed by atoms with van der Waals surface area (Å²) in [6.07, 6.45) is 0.749. The zero-order valence-electron chi connectivity index (χ0n) is 14.1. The molecule has 0 aliphatic rings. The van der Waals surface area contributed by atoms with Gasteiger partial charge in [0.05, 0.1) is 6.42 Å². The lowest BCUT2D eigenvalue weighted by molar-refractivity contribution is -0.116. The third kappa shape index (κ3) is 4.23. The molecule has 0 saturated heterocycles. The van der Waals surface area contributed by atoms with E-state index in [1.807, 2.05) is 42.5 Å². The fraction of sp³-hybridized carbons (Fsp3) is 0.143. The molecule has 0 heterocycles. The number of fused-ring (bicyclic) bond motifs is 1. The van der Waals surface area contributed by atoms with Gasteiger partial charge in [-0.3, -0.25) is 9.59 Å². The summed E-state index contributed by atoms with van der Waals surface area (Å²) in [7, 11) is 0. The van der Waals surface area contributed by atoms with Crippen LogP contribution < -0.4 is 10.6 Å². The highest BCUT2D eigenvalue weighted by molar-refractivity contribution is 5.96. The predicted molar refractivity (Wildman–Crippen MR) is 102 cm³/mol. The van der Waals surface area contributed by atoms with Crippen molar-refractivity contribution in [3.63, 3.8) is 0 Å². The largest absolute Gasteiger partial charge is 0.326 e. The maximum Gasteiger partial charge on any atom is 0.228 e. The van der Waals surface area contributed by atoms with Gasteiger partial charge >= 0.3 is 0 Å². The van der Waals surface area contributed by atoms with E-state index in [1.54, 1.807) is 31.2 Å². The molecular formula is C21H20N2O2. The van der Waals surface area contributed by atoms with Crippen molar-refractivity contribution in [1.29, 1.82) is 0 Å². The van der Waals surface area contributed by atoms with Crippen molar-refractivity contribution in [3.8, 4) is 0 Å². The van der Waals surface area contributed by atoms with Crippen LogP contribution in [-0.4, -0.2) is 11.8 Å². The Kier molecular flexibility index (Phi) is 5.09. The zero-order chi connectivity index (χ0) is 17.6. The molecule has 3 aromatic rings. The van der Waals surface area contributed by atoms with Gasteiger partial charge in [0.15, 0.2) is 0 Å². The molecule has 0 bridgehead atoms. The first-order valence-corrected chi connectivity index (χ1v) is 8.32. The Labute approximate surface area is 146 Å². The van der Waals surface area contributed by atoms with E-state index in [9.17, 15) is 9.59 Å². The molecule has 0 atom stereocenters. The van der Waals surface area contributed by atoms with Gasteiger partial charge in [-0.2, -0.15) is 0 Å². The van der Waals surface area contributed by atoms with Crippen LogP contribution in [0.5, 0.6) is 0 Å². The fourth-order valence-electron chi connectivity index (χ4n) is 2.71. The number of rotatable bonds is 5.